The molecule has 1 unspecified atom stereocenters. The molecule has 0 aromatic rings. The van der Waals surface area contributed by atoms with Gasteiger partial charge in [-0.2, -0.15) is 0 Å². The second kappa shape index (κ2) is 5.40. The van der Waals surface area contributed by atoms with Crippen molar-refractivity contribution < 1.29 is 9.47 Å². The van der Waals surface area contributed by atoms with Crippen LogP contribution in [0, 0.1) is 5.92 Å². The van der Waals surface area contributed by atoms with Gasteiger partial charge in [-0.3, -0.25) is 0 Å². The highest BCUT2D eigenvalue weighted by Gasteiger charge is 2.43. The zero-order valence-electron chi connectivity index (χ0n) is 11.3. The van der Waals surface area contributed by atoms with Gasteiger partial charge in [0.1, 0.15) is 5.76 Å². The average Bonchev–Trinajstić information content (AvgIpc) is 2.86. The van der Waals surface area contributed by atoms with Crippen molar-refractivity contribution in [2.45, 2.75) is 50.7 Å². The third-order valence-electron chi connectivity index (χ3n) is 4.36. The summed E-state index contributed by atoms with van der Waals surface area (Å²) in [5.74, 6) is 1.91. The Morgan fingerprint density at radius 2 is 2.18 bits per heavy atom. The molecule has 3 heteroatoms. The van der Waals surface area contributed by atoms with Gasteiger partial charge in [-0.05, 0) is 44.7 Å². The molecule has 0 amide bonds. The summed E-state index contributed by atoms with van der Waals surface area (Å²) in [7, 11) is 3.85. The van der Waals surface area contributed by atoms with Crippen LogP contribution in [-0.4, -0.2) is 32.4 Å². The van der Waals surface area contributed by atoms with Crippen molar-refractivity contribution in [2.24, 2.45) is 5.92 Å². The van der Waals surface area contributed by atoms with E-state index >= 15 is 0 Å². The van der Waals surface area contributed by atoms with Crippen LogP contribution in [0.4, 0.5) is 0 Å². The SMILES string of the molecule is CNC(C1=CCCO1)C1(OC)CCC(C)CC1. The van der Waals surface area contributed by atoms with Gasteiger partial charge in [0.15, 0.2) is 0 Å². The Hall–Kier alpha value is -0.540. The van der Waals surface area contributed by atoms with E-state index < -0.39 is 0 Å². The summed E-state index contributed by atoms with van der Waals surface area (Å²) in [6.07, 6.45) is 7.98. The van der Waals surface area contributed by atoms with E-state index in [-0.39, 0.29) is 11.6 Å². The van der Waals surface area contributed by atoms with E-state index in [1.165, 1.54) is 12.8 Å². The lowest BCUT2D eigenvalue weighted by atomic mass is 9.74. The normalized spacial score (nSPS) is 35.2. The summed E-state index contributed by atoms with van der Waals surface area (Å²) in [6, 6.07) is 0.211. The van der Waals surface area contributed by atoms with Crippen LogP contribution in [0.15, 0.2) is 11.8 Å². The largest absolute Gasteiger partial charge is 0.496 e. The highest BCUT2D eigenvalue weighted by atomic mass is 16.5. The molecule has 1 fully saturated rings. The molecule has 0 bridgehead atoms. The Bertz CT molecular complexity index is 280. The lowest BCUT2D eigenvalue weighted by Gasteiger charge is -2.44. The Morgan fingerprint density at radius 3 is 2.65 bits per heavy atom. The molecule has 1 heterocycles. The quantitative estimate of drug-likeness (QED) is 0.817. The van der Waals surface area contributed by atoms with E-state index in [2.05, 4.69) is 18.3 Å². The molecule has 0 aromatic heterocycles. The minimum atomic E-state index is -0.0720. The van der Waals surface area contributed by atoms with E-state index in [0.29, 0.717) is 0 Å². The van der Waals surface area contributed by atoms with Crippen LogP contribution in [0.5, 0.6) is 0 Å². The predicted molar refractivity (Wildman–Crippen MR) is 68.9 cm³/mol. The van der Waals surface area contributed by atoms with Crippen molar-refractivity contribution in [3.63, 3.8) is 0 Å². The van der Waals surface area contributed by atoms with E-state index in [0.717, 1.165) is 37.5 Å². The smallest absolute Gasteiger partial charge is 0.112 e. The van der Waals surface area contributed by atoms with Crippen LogP contribution >= 0.6 is 0 Å². The van der Waals surface area contributed by atoms with E-state index in [9.17, 15) is 0 Å². The summed E-state index contributed by atoms with van der Waals surface area (Å²) >= 11 is 0. The standard InChI is InChI=1S/C14H25NO2/c1-11-6-8-14(16-3,9-7-11)13(15-2)12-5-4-10-17-12/h5,11,13,15H,4,6-10H2,1-3H3. The molecule has 1 atom stereocenters. The van der Waals surface area contributed by atoms with Crippen molar-refractivity contribution in [3.8, 4) is 0 Å². The topological polar surface area (TPSA) is 30.5 Å². The lowest BCUT2D eigenvalue weighted by molar-refractivity contribution is -0.0740. The van der Waals surface area contributed by atoms with Gasteiger partial charge in [0.2, 0.25) is 0 Å². The molecule has 0 spiro atoms. The molecule has 3 nitrogen and oxygen atoms in total. The first-order valence-electron chi connectivity index (χ1n) is 6.77. The predicted octanol–water partition coefficient (Wildman–Crippen LogP) is 2.47. The molecular weight excluding hydrogens is 214 g/mol. The molecule has 1 aliphatic heterocycles. The third kappa shape index (κ3) is 2.50. The van der Waals surface area contributed by atoms with Gasteiger partial charge in [0, 0.05) is 13.5 Å². The van der Waals surface area contributed by atoms with Gasteiger partial charge in [0.05, 0.1) is 18.2 Å². The molecule has 1 aliphatic carbocycles. The van der Waals surface area contributed by atoms with Crippen molar-refractivity contribution in [1.82, 2.24) is 5.32 Å². The third-order valence-corrected chi connectivity index (χ3v) is 4.36. The number of ether oxygens (including phenoxy) is 2. The van der Waals surface area contributed by atoms with E-state index in [1.807, 2.05) is 14.2 Å². The zero-order chi connectivity index (χ0) is 12.3. The monoisotopic (exact) mass is 239 g/mol. The summed E-state index contributed by atoms with van der Waals surface area (Å²) in [4.78, 5) is 0. The van der Waals surface area contributed by atoms with Gasteiger partial charge in [-0.25, -0.2) is 0 Å². The highest BCUT2D eigenvalue weighted by molar-refractivity contribution is 5.15. The average molecular weight is 239 g/mol. The minimum absolute atomic E-state index is 0.0720. The van der Waals surface area contributed by atoms with Gasteiger partial charge in [-0.15, -0.1) is 0 Å². The highest BCUT2D eigenvalue weighted by Crippen LogP contribution is 2.39. The van der Waals surface area contributed by atoms with Gasteiger partial charge in [0.25, 0.3) is 0 Å². The maximum atomic E-state index is 5.91. The molecule has 2 rings (SSSR count). The van der Waals surface area contributed by atoms with Gasteiger partial charge in [-0.1, -0.05) is 6.92 Å². The fourth-order valence-electron chi connectivity index (χ4n) is 3.16. The fourth-order valence-corrected chi connectivity index (χ4v) is 3.16. The number of hydrogen-bond donors (Lipinski definition) is 1. The van der Waals surface area contributed by atoms with Crippen molar-refractivity contribution >= 4 is 0 Å². The first-order valence-corrected chi connectivity index (χ1v) is 6.77. The number of rotatable bonds is 4. The Kier molecular flexibility index (Phi) is 4.10. The lowest BCUT2D eigenvalue weighted by Crippen LogP contribution is -2.53. The van der Waals surface area contributed by atoms with Crippen LogP contribution in [-0.2, 0) is 9.47 Å². The van der Waals surface area contributed by atoms with Crippen molar-refractivity contribution in [2.75, 3.05) is 20.8 Å². The van der Waals surface area contributed by atoms with Crippen LogP contribution in [0.1, 0.15) is 39.0 Å². The molecule has 1 N–H and O–H groups in total. The van der Waals surface area contributed by atoms with Crippen LogP contribution in [0.25, 0.3) is 0 Å². The Balaban J connectivity index is 2.14. The van der Waals surface area contributed by atoms with E-state index in [1.54, 1.807) is 0 Å². The van der Waals surface area contributed by atoms with Crippen molar-refractivity contribution in [1.29, 1.82) is 0 Å². The molecule has 2 aliphatic rings. The molecule has 98 valence electrons. The summed E-state index contributed by atoms with van der Waals surface area (Å²) in [5, 5.41) is 3.40. The molecular formula is C14H25NO2. The summed E-state index contributed by atoms with van der Waals surface area (Å²) < 4.78 is 11.6. The first kappa shape index (κ1) is 12.9. The minimum Gasteiger partial charge on any atom is -0.496 e. The maximum absolute atomic E-state index is 5.91. The summed E-state index contributed by atoms with van der Waals surface area (Å²) in [6.45, 7) is 3.16. The molecule has 0 aromatic carbocycles. The molecule has 17 heavy (non-hydrogen) atoms. The Labute approximate surface area is 105 Å². The second-order valence-electron chi connectivity index (χ2n) is 5.42. The molecule has 0 saturated heterocycles. The summed E-state index contributed by atoms with van der Waals surface area (Å²) in [5.41, 5.74) is -0.0720. The first-order chi connectivity index (χ1) is 8.22. The maximum Gasteiger partial charge on any atom is 0.112 e. The number of likely N-dealkylation sites (N-methyl/N-ethyl adjacent to an activating group) is 1. The van der Waals surface area contributed by atoms with Crippen LogP contribution < -0.4 is 5.32 Å². The number of methoxy groups -OCH3 is 1. The Morgan fingerprint density at radius 1 is 1.47 bits per heavy atom. The number of nitrogens with one attached hydrogen (secondary N) is 1. The van der Waals surface area contributed by atoms with E-state index in [4.69, 9.17) is 9.47 Å². The van der Waals surface area contributed by atoms with Crippen LogP contribution in [0.3, 0.4) is 0 Å². The fraction of sp³-hybridized carbons (Fsp3) is 0.857. The number of hydrogen-bond acceptors (Lipinski definition) is 3. The van der Waals surface area contributed by atoms with Gasteiger partial charge >= 0.3 is 0 Å². The zero-order valence-corrected chi connectivity index (χ0v) is 11.3. The van der Waals surface area contributed by atoms with Crippen molar-refractivity contribution in [3.05, 3.63) is 11.8 Å². The van der Waals surface area contributed by atoms with Gasteiger partial charge < -0.3 is 14.8 Å². The molecule has 0 radical (unpaired) electrons. The molecule has 1 saturated carbocycles. The van der Waals surface area contributed by atoms with Crippen LogP contribution in [0.2, 0.25) is 0 Å². The second-order valence-corrected chi connectivity index (χ2v) is 5.42.